The summed E-state index contributed by atoms with van der Waals surface area (Å²) in [6, 6.07) is 3.09. The van der Waals surface area contributed by atoms with Crippen molar-refractivity contribution < 1.29 is 27.4 Å². The molecule has 24 heavy (non-hydrogen) atoms. The summed E-state index contributed by atoms with van der Waals surface area (Å²) in [5.74, 6) is -0.205. The van der Waals surface area contributed by atoms with E-state index in [1.165, 1.54) is 21.3 Å². The minimum absolute atomic E-state index is 0.301. The molecule has 0 radical (unpaired) electrons. The van der Waals surface area contributed by atoms with Crippen molar-refractivity contribution in [3.63, 3.8) is 0 Å². The molecule has 1 heterocycles. The molecule has 0 aliphatic heterocycles. The molecule has 0 atom stereocenters. The van der Waals surface area contributed by atoms with Crippen LogP contribution in [-0.4, -0.2) is 42.4 Å². The quantitative estimate of drug-likeness (QED) is 0.654. The summed E-state index contributed by atoms with van der Waals surface area (Å²) in [7, 11) is 4.26. The lowest BCUT2D eigenvalue weighted by Gasteiger charge is -2.12. The van der Waals surface area contributed by atoms with Crippen LogP contribution in [0.15, 0.2) is 17.2 Å². The maximum absolute atomic E-state index is 12.9. The lowest BCUT2D eigenvalue weighted by atomic mass is 10.2. The zero-order valence-electron chi connectivity index (χ0n) is 12.8. The summed E-state index contributed by atoms with van der Waals surface area (Å²) in [6.45, 7) is 0. The smallest absolute Gasteiger partial charge is 0.453 e. The van der Waals surface area contributed by atoms with Gasteiger partial charge in [0.1, 0.15) is 17.2 Å². The SMILES string of the molecule is COc1cc(OC)c(/C=N\n2c(C(F)(F)F)n[nH]c2=S)c(OC)c1. The van der Waals surface area contributed by atoms with E-state index in [-0.39, 0.29) is 4.77 Å². The molecular weight excluding hydrogens is 349 g/mol. The summed E-state index contributed by atoms with van der Waals surface area (Å²) in [5.41, 5.74) is 0.317. The first-order chi connectivity index (χ1) is 11.3. The van der Waals surface area contributed by atoms with E-state index >= 15 is 0 Å². The number of hydrogen-bond acceptors (Lipinski definition) is 6. The van der Waals surface area contributed by atoms with Crippen LogP contribution in [0.3, 0.4) is 0 Å². The minimum atomic E-state index is -4.71. The number of aromatic amines is 1. The van der Waals surface area contributed by atoms with Crippen molar-refractivity contribution in [3.05, 3.63) is 28.3 Å². The van der Waals surface area contributed by atoms with Crippen LogP contribution >= 0.6 is 12.2 Å². The normalized spacial score (nSPS) is 11.8. The lowest BCUT2D eigenvalue weighted by Crippen LogP contribution is -2.13. The molecule has 0 amide bonds. The largest absolute Gasteiger partial charge is 0.496 e. The number of nitrogens with one attached hydrogen (secondary N) is 1. The number of aromatic nitrogens is 3. The first-order valence-electron chi connectivity index (χ1n) is 6.40. The predicted molar refractivity (Wildman–Crippen MR) is 81.5 cm³/mol. The third-order valence-corrected chi connectivity index (χ3v) is 3.22. The Morgan fingerprint density at radius 1 is 1.17 bits per heavy atom. The minimum Gasteiger partial charge on any atom is -0.496 e. The Balaban J connectivity index is 2.54. The molecule has 0 unspecified atom stereocenters. The molecule has 0 fully saturated rings. The number of H-pyrrole nitrogens is 1. The van der Waals surface area contributed by atoms with Crippen LogP contribution in [0.2, 0.25) is 0 Å². The van der Waals surface area contributed by atoms with Crippen molar-refractivity contribution in [2.24, 2.45) is 5.10 Å². The zero-order chi connectivity index (χ0) is 17.9. The molecular formula is C13H13F3N4O3S. The molecule has 2 aromatic rings. The van der Waals surface area contributed by atoms with E-state index in [0.717, 1.165) is 6.21 Å². The van der Waals surface area contributed by atoms with Crippen LogP contribution < -0.4 is 14.2 Å². The van der Waals surface area contributed by atoms with Gasteiger partial charge in [0.15, 0.2) is 0 Å². The van der Waals surface area contributed by atoms with E-state index in [4.69, 9.17) is 26.4 Å². The van der Waals surface area contributed by atoms with Crippen molar-refractivity contribution in [2.75, 3.05) is 21.3 Å². The number of nitrogens with zero attached hydrogens (tertiary/aromatic N) is 3. The van der Waals surface area contributed by atoms with E-state index in [1.807, 2.05) is 0 Å². The summed E-state index contributed by atoms with van der Waals surface area (Å²) in [6.07, 6.45) is -3.57. The number of rotatable bonds is 5. The third-order valence-electron chi connectivity index (χ3n) is 2.96. The Kier molecular flexibility index (Phi) is 5.12. The number of methoxy groups -OCH3 is 3. The second kappa shape index (κ2) is 6.91. The number of alkyl halides is 3. The molecule has 1 aromatic heterocycles. The molecule has 2 rings (SSSR count). The topological polar surface area (TPSA) is 73.7 Å². The predicted octanol–water partition coefficient (Wildman–Crippen LogP) is 2.87. The van der Waals surface area contributed by atoms with Gasteiger partial charge < -0.3 is 14.2 Å². The van der Waals surface area contributed by atoms with Gasteiger partial charge in [0.05, 0.1) is 33.1 Å². The van der Waals surface area contributed by atoms with Crippen LogP contribution in [0, 0.1) is 4.77 Å². The standard InChI is InChI=1S/C13H13F3N4O3S/c1-21-7-4-9(22-2)8(10(5-7)23-3)6-17-20-11(13(14,15)16)18-19-12(20)24/h4-6H,1-3H3,(H,19,24)/b17-6-. The average Bonchev–Trinajstić information content (AvgIpc) is 2.93. The highest BCUT2D eigenvalue weighted by molar-refractivity contribution is 7.71. The molecule has 7 nitrogen and oxygen atoms in total. The molecule has 0 aliphatic carbocycles. The van der Waals surface area contributed by atoms with E-state index in [1.54, 1.807) is 12.1 Å². The maximum atomic E-state index is 12.9. The van der Waals surface area contributed by atoms with Crippen molar-refractivity contribution in [1.29, 1.82) is 0 Å². The fraction of sp³-hybridized carbons (Fsp3) is 0.308. The van der Waals surface area contributed by atoms with E-state index < -0.39 is 12.0 Å². The molecule has 1 aromatic carbocycles. The van der Waals surface area contributed by atoms with Crippen LogP contribution in [-0.2, 0) is 6.18 Å². The van der Waals surface area contributed by atoms with Gasteiger partial charge in [-0.25, -0.2) is 5.10 Å². The summed E-state index contributed by atoms with van der Waals surface area (Å²) in [5, 5.41) is 8.94. The van der Waals surface area contributed by atoms with E-state index in [9.17, 15) is 13.2 Å². The van der Waals surface area contributed by atoms with Crippen molar-refractivity contribution in [3.8, 4) is 17.2 Å². The van der Waals surface area contributed by atoms with Gasteiger partial charge >= 0.3 is 6.18 Å². The number of halogens is 3. The summed E-state index contributed by atoms with van der Waals surface area (Å²) < 4.78 is 54.3. The molecule has 0 saturated carbocycles. The van der Waals surface area contributed by atoms with Gasteiger partial charge in [0.25, 0.3) is 5.82 Å². The molecule has 0 aliphatic rings. The van der Waals surface area contributed by atoms with Gasteiger partial charge in [-0.1, -0.05) is 0 Å². The maximum Gasteiger partial charge on any atom is 0.453 e. The fourth-order valence-electron chi connectivity index (χ4n) is 1.86. The first-order valence-corrected chi connectivity index (χ1v) is 6.81. The highest BCUT2D eigenvalue weighted by Crippen LogP contribution is 2.33. The first kappa shape index (κ1) is 17.8. The second-order valence-electron chi connectivity index (χ2n) is 4.35. The molecule has 0 saturated heterocycles. The average molecular weight is 362 g/mol. The van der Waals surface area contributed by atoms with Gasteiger partial charge in [-0.3, -0.25) is 0 Å². The van der Waals surface area contributed by atoms with Crippen molar-refractivity contribution in [1.82, 2.24) is 14.9 Å². The number of hydrogen-bond donors (Lipinski definition) is 1. The second-order valence-corrected chi connectivity index (χ2v) is 4.74. The Morgan fingerprint density at radius 2 is 1.75 bits per heavy atom. The van der Waals surface area contributed by atoms with Crippen LogP contribution in [0.25, 0.3) is 0 Å². The number of ether oxygens (including phenoxy) is 3. The van der Waals surface area contributed by atoms with Gasteiger partial charge in [-0.15, -0.1) is 5.10 Å². The zero-order valence-corrected chi connectivity index (χ0v) is 13.7. The van der Waals surface area contributed by atoms with E-state index in [0.29, 0.717) is 27.5 Å². The number of benzene rings is 1. The van der Waals surface area contributed by atoms with Crippen LogP contribution in [0.1, 0.15) is 11.4 Å². The third kappa shape index (κ3) is 3.50. The van der Waals surface area contributed by atoms with Crippen LogP contribution in [0.5, 0.6) is 17.2 Å². The van der Waals surface area contributed by atoms with Crippen LogP contribution in [0.4, 0.5) is 13.2 Å². The Hall–Kier alpha value is -2.56. The molecule has 11 heteroatoms. The van der Waals surface area contributed by atoms with Gasteiger partial charge in [-0.2, -0.15) is 22.9 Å². The highest BCUT2D eigenvalue weighted by Gasteiger charge is 2.37. The lowest BCUT2D eigenvalue weighted by molar-refractivity contribution is -0.147. The monoisotopic (exact) mass is 362 g/mol. The van der Waals surface area contributed by atoms with Crippen molar-refractivity contribution >= 4 is 18.4 Å². The summed E-state index contributed by atoms with van der Waals surface area (Å²) in [4.78, 5) is 0. The Labute approximate surface area is 139 Å². The molecule has 1 N–H and O–H groups in total. The molecule has 130 valence electrons. The van der Waals surface area contributed by atoms with E-state index in [2.05, 4.69) is 15.3 Å². The highest BCUT2D eigenvalue weighted by atomic mass is 32.1. The van der Waals surface area contributed by atoms with Crippen molar-refractivity contribution in [2.45, 2.75) is 6.18 Å². The Morgan fingerprint density at radius 3 is 2.21 bits per heavy atom. The fourth-order valence-corrected chi connectivity index (χ4v) is 2.04. The summed E-state index contributed by atoms with van der Waals surface area (Å²) >= 11 is 4.77. The van der Waals surface area contributed by atoms with Gasteiger partial charge in [-0.05, 0) is 12.2 Å². The Bertz CT molecular complexity index is 789. The van der Waals surface area contributed by atoms with Gasteiger partial charge in [0, 0.05) is 12.1 Å². The van der Waals surface area contributed by atoms with Gasteiger partial charge in [0.2, 0.25) is 4.77 Å². The molecule has 0 spiro atoms. The molecule has 0 bridgehead atoms.